The molecule has 2 rings (SSSR count). The molecule has 1 atom stereocenters. The summed E-state index contributed by atoms with van der Waals surface area (Å²) in [5, 5.41) is 0. The molecule has 1 aromatic rings. The van der Waals surface area contributed by atoms with Gasteiger partial charge in [-0.15, -0.1) is 0 Å². The molecule has 1 heterocycles. The number of rotatable bonds is 3. The molecule has 0 N–H and O–H groups in total. The molecule has 16 heavy (non-hydrogen) atoms. The third kappa shape index (κ3) is 3.00. The normalized spacial score (nSPS) is 21.3. The molecule has 1 aliphatic heterocycles. The van der Waals surface area contributed by atoms with Crippen LogP contribution >= 0.6 is 18.1 Å². The third-order valence-corrected chi connectivity index (χ3v) is 4.99. The summed E-state index contributed by atoms with van der Waals surface area (Å²) in [6.45, 7) is -1.67. The lowest BCUT2D eigenvalue weighted by Crippen LogP contribution is -2.26. The molecule has 3 nitrogen and oxygen atoms in total. The van der Waals surface area contributed by atoms with Crippen LogP contribution in [0.4, 0.5) is 0 Å². The summed E-state index contributed by atoms with van der Waals surface area (Å²) >= 11 is 6.01. The Morgan fingerprint density at radius 2 is 1.75 bits per heavy atom. The zero-order valence-corrected chi connectivity index (χ0v) is 10.7. The first kappa shape index (κ1) is 12.0. The summed E-state index contributed by atoms with van der Waals surface area (Å²) in [5.41, 5.74) is 0. The van der Waals surface area contributed by atoms with Crippen LogP contribution in [0.3, 0.4) is 0 Å². The van der Waals surface area contributed by atoms with Crippen molar-refractivity contribution >= 4 is 18.1 Å². The van der Waals surface area contributed by atoms with Gasteiger partial charge in [0.25, 0.3) is 0 Å². The summed E-state index contributed by atoms with van der Waals surface area (Å²) in [7, 11) is 0. The fourth-order valence-electron chi connectivity index (χ4n) is 1.79. The molecule has 1 unspecified atom stereocenters. The summed E-state index contributed by atoms with van der Waals surface area (Å²) < 4.78 is 19.4. The van der Waals surface area contributed by atoms with Crippen LogP contribution in [0.1, 0.15) is 19.3 Å². The van der Waals surface area contributed by atoms with E-state index < -0.39 is 6.87 Å². The molecule has 0 aliphatic carbocycles. The number of benzene rings is 1. The van der Waals surface area contributed by atoms with Crippen molar-refractivity contribution in [1.29, 1.82) is 0 Å². The van der Waals surface area contributed by atoms with Crippen LogP contribution in [-0.4, -0.2) is 17.8 Å². The molecule has 1 aromatic carbocycles. The molecule has 88 valence electrons. The highest BCUT2D eigenvalue weighted by molar-refractivity contribution is 7.83. The predicted molar refractivity (Wildman–Crippen MR) is 66.0 cm³/mol. The standard InChI is InChI=1S/C11H15ClNO2P/c12-16(14,13-9-5-2-6-10-13)15-11-7-3-1-4-8-11/h1,3-4,7-8H,2,5-6,9-10H2. The molecule has 1 saturated heterocycles. The predicted octanol–water partition coefficient (Wildman–Crippen LogP) is 3.90. The maximum Gasteiger partial charge on any atom is 0.411 e. The Hall–Kier alpha value is -0.500. The van der Waals surface area contributed by atoms with Crippen molar-refractivity contribution in [3.05, 3.63) is 30.3 Å². The smallest absolute Gasteiger partial charge is 0.411 e. The average molecular weight is 260 g/mol. The fraction of sp³-hybridized carbons (Fsp3) is 0.455. The van der Waals surface area contributed by atoms with Gasteiger partial charge in [0.2, 0.25) is 0 Å². The Kier molecular flexibility index (Phi) is 3.91. The summed E-state index contributed by atoms with van der Waals surface area (Å²) in [6, 6.07) is 9.08. The molecule has 0 spiro atoms. The molecule has 5 heteroatoms. The van der Waals surface area contributed by atoms with Gasteiger partial charge in [-0.05, 0) is 25.0 Å². The Bertz CT molecular complexity index is 379. The second-order valence-electron chi connectivity index (χ2n) is 3.87. The Labute approximate surface area is 101 Å². The van der Waals surface area contributed by atoms with E-state index in [0.717, 1.165) is 25.9 Å². The van der Waals surface area contributed by atoms with Gasteiger partial charge >= 0.3 is 6.87 Å². The SMILES string of the molecule is O=P(Cl)(Oc1ccccc1)N1CCCCC1. The molecule has 0 saturated carbocycles. The minimum absolute atomic E-state index is 0.561. The van der Waals surface area contributed by atoms with Crippen LogP contribution in [0.5, 0.6) is 5.75 Å². The van der Waals surface area contributed by atoms with E-state index in [2.05, 4.69) is 0 Å². The zero-order chi connectivity index (χ0) is 11.4. The molecule has 1 fully saturated rings. The number of hydrogen-bond donors (Lipinski definition) is 0. The van der Waals surface area contributed by atoms with Crippen molar-refractivity contribution in [2.75, 3.05) is 13.1 Å². The van der Waals surface area contributed by atoms with Crippen molar-refractivity contribution in [1.82, 2.24) is 4.67 Å². The van der Waals surface area contributed by atoms with Gasteiger partial charge in [0, 0.05) is 24.3 Å². The van der Waals surface area contributed by atoms with Crippen LogP contribution < -0.4 is 4.52 Å². The second kappa shape index (κ2) is 5.22. The molecular weight excluding hydrogens is 245 g/mol. The van der Waals surface area contributed by atoms with Gasteiger partial charge in [-0.3, -0.25) is 0 Å². The van der Waals surface area contributed by atoms with Crippen LogP contribution in [0.25, 0.3) is 0 Å². The van der Waals surface area contributed by atoms with Gasteiger partial charge in [0.05, 0.1) is 0 Å². The Morgan fingerprint density at radius 1 is 1.12 bits per heavy atom. The Morgan fingerprint density at radius 3 is 2.38 bits per heavy atom. The van der Waals surface area contributed by atoms with Crippen LogP contribution in [0, 0.1) is 0 Å². The lowest BCUT2D eigenvalue weighted by atomic mass is 10.2. The highest BCUT2D eigenvalue weighted by Gasteiger charge is 2.31. The minimum atomic E-state index is -3.18. The number of hydrogen-bond acceptors (Lipinski definition) is 2. The topological polar surface area (TPSA) is 29.5 Å². The average Bonchev–Trinajstić information content (AvgIpc) is 2.31. The second-order valence-corrected chi connectivity index (χ2v) is 6.80. The largest absolute Gasteiger partial charge is 0.422 e. The summed E-state index contributed by atoms with van der Waals surface area (Å²) in [5.74, 6) is 0.561. The molecule has 0 bridgehead atoms. The number of piperidine rings is 1. The van der Waals surface area contributed by atoms with E-state index in [1.165, 1.54) is 6.42 Å². The summed E-state index contributed by atoms with van der Waals surface area (Å²) in [6.07, 6.45) is 3.25. The van der Waals surface area contributed by atoms with Crippen molar-refractivity contribution < 1.29 is 9.09 Å². The lowest BCUT2D eigenvalue weighted by Gasteiger charge is -2.29. The highest BCUT2D eigenvalue weighted by atomic mass is 35.7. The quantitative estimate of drug-likeness (QED) is 0.771. The van der Waals surface area contributed by atoms with E-state index in [0.29, 0.717) is 5.75 Å². The molecule has 1 aliphatic rings. The van der Waals surface area contributed by atoms with Gasteiger partial charge in [-0.2, -0.15) is 0 Å². The third-order valence-electron chi connectivity index (χ3n) is 2.63. The molecule has 0 radical (unpaired) electrons. The number of para-hydroxylation sites is 1. The van der Waals surface area contributed by atoms with E-state index in [9.17, 15) is 4.57 Å². The van der Waals surface area contributed by atoms with E-state index in [1.54, 1.807) is 16.8 Å². The zero-order valence-electron chi connectivity index (χ0n) is 9.01. The van der Waals surface area contributed by atoms with E-state index in [1.807, 2.05) is 18.2 Å². The summed E-state index contributed by atoms with van der Waals surface area (Å²) in [4.78, 5) is 0. The highest BCUT2D eigenvalue weighted by Crippen LogP contribution is 2.56. The van der Waals surface area contributed by atoms with Gasteiger partial charge in [0.15, 0.2) is 0 Å². The first-order valence-electron chi connectivity index (χ1n) is 5.48. The monoisotopic (exact) mass is 259 g/mol. The van der Waals surface area contributed by atoms with E-state index >= 15 is 0 Å². The number of nitrogens with zero attached hydrogens (tertiary/aromatic N) is 1. The first-order valence-corrected chi connectivity index (χ1v) is 7.96. The van der Waals surface area contributed by atoms with Crippen molar-refractivity contribution in [2.45, 2.75) is 19.3 Å². The van der Waals surface area contributed by atoms with Gasteiger partial charge < -0.3 is 4.52 Å². The van der Waals surface area contributed by atoms with Crippen molar-refractivity contribution in [2.24, 2.45) is 0 Å². The van der Waals surface area contributed by atoms with Crippen LogP contribution in [-0.2, 0) is 4.57 Å². The van der Waals surface area contributed by atoms with Gasteiger partial charge in [-0.25, -0.2) is 9.24 Å². The van der Waals surface area contributed by atoms with E-state index in [-0.39, 0.29) is 0 Å². The fourth-order valence-corrected chi connectivity index (χ4v) is 3.74. The van der Waals surface area contributed by atoms with Gasteiger partial charge in [-0.1, -0.05) is 24.6 Å². The molecule has 0 amide bonds. The van der Waals surface area contributed by atoms with E-state index in [4.69, 9.17) is 15.8 Å². The number of halogens is 1. The van der Waals surface area contributed by atoms with Crippen LogP contribution in [0.2, 0.25) is 0 Å². The maximum atomic E-state index is 12.2. The Balaban J connectivity index is 2.04. The maximum absolute atomic E-state index is 12.2. The van der Waals surface area contributed by atoms with Gasteiger partial charge in [0.1, 0.15) is 5.75 Å². The van der Waals surface area contributed by atoms with Crippen LogP contribution in [0.15, 0.2) is 30.3 Å². The lowest BCUT2D eigenvalue weighted by molar-refractivity contribution is 0.318. The first-order chi connectivity index (χ1) is 7.68. The minimum Gasteiger partial charge on any atom is -0.422 e. The molecule has 0 aromatic heterocycles. The van der Waals surface area contributed by atoms with Crippen molar-refractivity contribution in [3.8, 4) is 5.75 Å². The van der Waals surface area contributed by atoms with Crippen molar-refractivity contribution in [3.63, 3.8) is 0 Å². The molecular formula is C11H15ClNO2P.